The Hall–Kier alpha value is -4.40. The lowest BCUT2D eigenvalue weighted by molar-refractivity contribution is -0.136. The van der Waals surface area contributed by atoms with Gasteiger partial charge in [0.05, 0.1) is 29.1 Å². The maximum absolute atomic E-state index is 12.8. The van der Waals surface area contributed by atoms with Gasteiger partial charge in [0, 0.05) is 10.6 Å². The third-order valence-electron chi connectivity index (χ3n) is 5.28. The fraction of sp³-hybridized carbons (Fsp3) is 0.0714. The number of amides is 2. The summed E-state index contributed by atoms with van der Waals surface area (Å²) in [6.07, 6.45) is 1.31. The highest BCUT2D eigenvalue weighted by Gasteiger charge is 2.16. The first-order valence-corrected chi connectivity index (χ1v) is 12.2. The maximum atomic E-state index is 12.8. The quantitative estimate of drug-likeness (QED) is 0.0987. The molecule has 0 heterocycles. The predicted octanol–water partition coefficient (Wildman–Crippen LogP) is 5.85. The Morgan fingerprint density at radius 1 is 0.921 bits per heavy atom. The lowest BCUT2D eigenvalue weighted by Crippen LogP contribution is -2.32. The number of esters is 1. The summed E-state index contributed by atoms with van der Waals surface area (Å²) in [6.45, 7) is 2.38. The van der Waals surface area contributed by atoms with Crippen LogP contribution in [0, 0.1) is 0 Å². The number of benzene rings is 4. The molecule has 2 N–H and O–H groups in total. The second-order valence-corrected chi connectivity index (χ2v) is 8.67. The van der Waals surface area contributed by atoms with Crippen LogP contribution in [-0.4, -0.2) is 30.6 Å². The summed E-state index contributed by atoms with van der Waals surface area (Å²) in [5, 5.41) is 8.42. The molecule has 0 atom stereocenters. The van der Waals surface area contributed by atoms with Gasteiger partial charge < -0.3 is 14.8 Å². The molecule has 4 aromatic carbocycles. The zero-order chi connectivity index (χ0) is 27.1. The molecule has 0 radical (unpaired) electrons. The molecule has 4 rings (SSSR count). The number of hydrogen-bond acceptors (Lipinski definition) is 6. The van der Waals surface area contributed by atoms with Crippen molar-refractivity contribution < 1.29 is 23.9 Å². The molecular formula is C28H21Cl2N3O5. The monoisotopic (exact) mass is 549 g/mol. The number of fused-ring (bicyclic) bond motifs is 1. The smallest absolute Gasteiger partial charge is 0.343 e. The van der Waals surface area contributed by atoms with Crippen LogP contribution in [0.3, 0.4) is 0 Å². The highest BCUT2D eigenvalue weighted by molar-refractivity contribution is 6.42. The van der Waals surface area contributed by atoms with Crippen LogP contribution in [0.5, 0.6) is 11.5 Å². The lowest BCUT2D eigenvalue weighted by Gasteiger charge is -2.11. The summed E-state index contributed by atoms with van der Waals surface area (Å²) in [4.78, 5) is 37.4. The van der Waals surface area contributed by atoms with Crippen LogP contribution < -0.4 is 20.2 Å². The second kappa shape index (κ2) is 12.2. The topological polar surface area (TPSA) is 106 Å². The average molecular weight is 550 g/mol. The van der Waals surface area contributed by atoms with Crippen molar-refractivity contribution in [3.05, 3.63) is 100 Å². The maximum Gasteiger partial charge on any atom is 0.343 e. The Bertz CT molecular complexity index is 1540. The number of nitrogens with one attached hydrogen (secondary N) is 2. The molecule has 0 unspecified atom stereocenters. The first-order chi connectivity index (χ1) is 18.4. The zero-order valence-corrected chi connectivity index (χ0v) is 21.5. The molecule has 4 aromatic rings. The molecule has 2 amide bonds. The van der Waals surface area contributed by atoms with E-state index in [1.54, 1.807) is 42.5 Å². The van der Waals surface area contributed by atoms with Crippen LogP contribution in [0.1, 0.15) is 22.8 Å². The lowest BCUT2D eigenvalue weighted by atomic mass is 10.0. The van der Waals surface area contributed by atoms with Gasteiger partial charge >= 0.3 is 17.8 Å². The summed E-state index contributed by atoms with van der Waals surface area (Å²) in [5.74, 6) is -1.76. The van der Waals surface area contributed by atoms with Crippen LogP contribution in [0.2, 0.25) is 10.0 Å². The minimum atomic E-state index is -1.04. The van der Waals surface area contributed by atoms with Gasteiger partial charge in [0.25, 0.3) is 0 Å². The van der Waals surface area contributed by atoms with Gasteiger partial charge in [-0.1, -0.05) is 53.5 Å². The van der Waals surface area contributed by atoms with Gasteiger partial charge in [-0.05, 0) is 66.2 Å². The molecule has 38 heavy (non-hydrogen) atoms. The van der Waals surface area contributed by atoms with Crippen molar-refractivity contribution in [2.45, 2.75) is 6.92 Å². The zero-order valence-electron chi connectivity index (χ0n) is 20.0. The van der Waals surface area contributed by atoms with Gasteiger partial charge in [-0.15, -0.1) is 0 Å². The summed E-state index contributed by atoms with van der Waals surface area (Å²) >= 11 is 11.9. The third-order valence-corrected chi connectivity index (χ3v) is 5.84. The molecule has 0 aromatic heterocycles. The van der Waals surface area contributed by atoms with Gasteiger partial charge in [-0.3, -0.25) is 9.59 Å². The van der Waals surface area contributed by atoms with Crippen molar-refractivity contribution in [3.63, 3.8) is 0 Å². The molecule has 0 aliphatic carbocycles. The summed E-state index contributed by atoms with van der Waals surface area (Å²) in [6, 6.07) is 21.8. The van der Waals surface area contributed by atoms with Crippen LogP contribution in [0.4, 0.5) is 5.69 Å². The van der Waals surface area contributed by atoms with E-state index in [9.17, 15) is 14.4 Å². The minimum Gasteiger partial charge on any atom is -0.494 e. The first-order valence-electron chi connectivity index (χ1n) is 11.4. The average Bonchev–Trinajstić information content (AvgIpc) is 2.92. The van der Waals surface area contributed by atoms with E-state index in [1.807, 2.05) is 31.2 Å². The van der Waals surface area contributed by atoms with Gasteiger partial charge in [-0.25, -0.2) is 10.2 Å². The van der Waals surface area contributed by atoms with E-state index in [4.69, 9.17) is 32.7 Å². The van der Waals surface area contributed by atoms with Crippen LogP contribution >= 0.6 is 23.2 Å². The number of halogens is 2. The van der Waals surface area contributed by atoms with Crippen molar-refractivity contribution in [1.29, 1.82) is 0 Å². The van der Waals surface area contributed by atoms with Crippen molar-refractivity contribution in [2.75, 3.05) is 11.9 Å². The molecule has 0 aliphatic rings. The molecule has 0 saturated heterocycles. The van der Waals surface area contributed by atoms with E-state index < -0.39 is 17.8 Å². The van der Waals surface area contributed by atoms with E-state index >= 15 is 0 Å². The molecule has 0 bridgehead atoms. The Morgan fingerprint density at radius 3 is 2.45 bits per heavy atom. The SMILES string of the molecule is CCOc1ccc(C(=O)Oc2ccc3ccccc3c2/C=N/NC(=O)C(=O)Nc2cc(Cl)ccc2Cl)cc1. The number of ether oxygens (including phenoxy) is 2. The van der Waals surface area contributed by atoms with Crippen molar-refractivity contribution in [2.24, 2.45) is 5.10 Å². The third kappa shape index (κ3) is 6.47. The highest BCUT2D eigenvalue weighted by atomic mass is 35.5. The van der Waals surface area contributed by atoms with Crippen molar-refractivity contribution in [1.82, 2.24) is 5.43 Å². The molecule has 10 heteroatoms. The standard InChI is InChI=1S/C28H21Cl2N3O5/c1-2-37-20-11-7-18(8-12-20)28(36)38-25-14-9-17-5-3-4-6-21(17)22(25)16-31-33-27(35)26(34)32-24-15-19(29)10-13-23(24)30/h3-16H,2H2,1H3,(H,32,34)(H,33,35)/b31-16+. The molecule has 0 saturated carbocycles. The number of rotatable bonds is 7. The van der Waals surface area contributed by atoms with E-state index in [1.165, 1.54) is 18.3 Å². The Balaban J connectivity index is 1.52. The molecule has 0 spiro atoms. The van der Waals surface area contributed by atoms with Crippen LogP contribution in [0.15, 0.2) is 84.0 Å². The highest BCUT2D eigenvalue weighted by Crippen LogP contribution is 2.28. The van der Waals surface area contributed by atoms with Gasteiger partial charge in [0.1, 0.15) is 11.5 Å². The largest absolute Gasteiger partial charge is 0.494 e. The summed E-state index contributed by atoms with van der Waals surface area (Å²) in [7, 11) is 0. The van der Waals surface area contributed by atoms with Gasteiger partial charge in [0.15, 0.2) is 0 Å². The van der Waals surface area contributed by atoms with Crippen molar-refractivity contribution in [3.8, 4) is 11.5 Å². The number of hydrogen-bond donors (Lipinski definition) is 2. The second-order valence-electron chi connectivity index (χ2n) is 7.82. The molecular weight excluding hydrogens is 529 g/mol. The van der Waals surface area contributed by atoms with Gasteiger partial charge in [0.2, 0.25) is 0 Å². The van der Waals surface area contributed by atoms with Gasteiger partial charge in [-0.2, -0.15) is 5.10 Å². The summed E-state index contributed by atoms with van der Waals surface area (Å²) in [5.41, 5.74) is 3.11. The molecule has 0 fully saturated rings. The predicted molar refractivity (Wildman–Crippen MR) is 147 cm³/mol. The van der Waals surface area contributed by atoms with Crippen LogP contribution in [-0.2, 0) is 9.59 Å². The van der Waals surface area contributed by atoms with Crippen molar-refractivity contribution >= 4 is 63.7 Å². The number of carbonyl (C=O) groups excluding carboxylic acids is 3. The number of anilines is 1. The Kier molecular flexibility index (Phi) is 8.58. The van der Waals surface area contributed by atoms with E-state index in [0.29, 0.717) is 28.5 Å². The summed E-state index contributed by atoms with van der Waals surface area (Å²) < 4.78 is 11.1. The van der Waals surface area contributed by atoms with E-state index in [2.05, 4.69) is 15.8 Å². The Morgan fingerprint density at radius 2 is 1.68 bits per heavy atom. The fourth-order valence-corrected chi connectivity index (χ4v) is 3.83. The van der Waals surface area contributed by atoms with E-state index in [-0.39, 0.29) is 16.5 Å². The molecule has 0 aliphatic heterocycles. The first kappa shape index (κ1) is 26.7. The number of hydrazone groups is 1. The fourth-order valence-electron chi connectivity index (χ4n) is 3.49. The number of carbonyl (C=O) groups is 3. The van der Waals surface area contributed by atoms with E-state index in [0.717, 1.165) is 10.8 Å². The number of nitrogens with zero attached hydrogens (tertiary/aromatic N) is 1. The van der Waals surface area contributed by atoms with Crippen LogP contribution in [0.25, 0.3) is 10.8 Å². The molecule has 192 valence electrons. The normalized spacial score (nSPS) is 10.8. The Labute approximate surface area is 228 Å². The minimum absolute atomic E-state index is 0.181. The molecule has 8 nitrogen and oxygen atoms in total.